The van der Waals surface area contributed by atoms with Crippen LogP contribution in [0, 0.1) is 0 Å². The van der Waals surface area contributed by atoms with Gasteiger partial charge in [0, 0.05) is 22.8 Å². The van der Waals surface area contributed by atoms with Gasteiger partial charge in [0.25, 0.3) is 0 Å². The normalized spacial score (nSPS) is 15.2. The first-order valence-electron chi connectivity index (χ1n) is 9.24. The Bertz CT molecular complexity index is 910. The second-order valence-corrected chi connectivity index (χ2v) is 10.5. The molecule has 9 heteroatoms. The molecule has 0 radical (unpaired) electrons. The third-order valence-electron chi connectivity index (χ3n) is 5.16. The highest BCUT2D eigenvalue weighted by Gasteiger charge is 2.25. The number of nitrogens with one attached hydrogen (secondary N) is 3. The standard InChI is InChI=1S/C19H22BrN3O2S2.ClH/c1-10(24)16-12-4-2-3-5-14(12)27-18(16)23-19(25)22-8-13-11-6-7-21-9-15(11)26-17(13)20;/h21H,2-9H2,1H3,(H2,22,23,25);1H. The maximum Gasteiger partial charge on any atom is 0.320 e. The molecule has 2 aromatic rings. The van der Waals surface area contributed by atoms with E-state index in [1.807, 2.05) is 0 Å². The molecule has 0 saturated carbocycles. The maximum absolute atomic E-state index is 12.5. The molecule has 2 amide bonds. The van der Waals surface area contributed by atoms with Crippen molar-refractivity contribution in [2.75, 3.05) is 11.9 Å². The predicted molar refractivity (Wildman–Crippen MR) is 122 cm³/mol. The molecule has 28 heavy (non-hydrogen) atoms. The molecular weight excluding hydrogens is 482 g/mol. The number of anilines is 1. The van der Waals surface area contributed by atoms with Gasteiger partial charge in [0.15, 0.2) is 5.78 Å². The zero-order valence-corrected chi connectivity index (χ0v) is 19.6. The van der Waals surface area contributed by atoms with Gasteiger partial charge in [-0.2, -0.15) is 0 Å². The van der Waals surface area contributed by atoms with Crippen molar-refractivity contribution < 1.29 is 9.59 Å². The molecule has 1 aliphatic carbocycles. The van der Waals surface area contributed by atoms with E-state index in [0.29, 0.717) is 17.1 Å². The fraction of sp³-hybridized carbons (Fsp3) is 0.474. The van der Waals surface area contributed by atoms with Crippen LogP contribution in [-0.4, -0.2) is 18.4 Å². The van der Waals surface area contributed by atoms with Crippen molar-refractivity contribution in [2.45, 2.75) is 52.1 Å². The van der Waals surface area contributed by atoms with Gasteiger partial charge in [-0.05, 0) is 78.2 Å². The first-order valence-corrected chi connectivity index (χ1v) is 11.7. The zero-order valence-electron chi connectivity index (χ0n) is 15.6. The summed E-state index contributed by atoms with van der Waals surface area (Å²) < 4.78 is 1.09. The van der Waals surface area contributed by atoms with E-state index in [-0.39, 0.29) is 24.2 Å². The molecule has 2 aliphatic rings. The molecule has 1 aliphatic heterocycles. The lowest BCUT2D eigenvalue weighted by Crippen LogP contribution is -2.29. The van der Waals surface area contributed by atoms with Crippen molar-refractivity contribution >= 4 is 67.8 Å². The lowest BCUT2D eigenvalue weighted by molar-refractivity contribution is 0.101. The molecule has 0 bridgehead atoms. The van der Waals surface area contributed by atoms with E-state index < -0.39 is 0 Å². The van der Waals surface area contributed by atoms with E-state index in [1.165, 1.54) is 20.9 Å². The number of thiophene rings is 2. The molecule has 2 aromatic heterocycles. The van der Waals surface area contributed by atoms with E-state index in [9.17, 15) is 9.59 Å². The Labute approximate surface area is 187 Å². The summed E-state index contributed by atoms with van der Waals surface area (Å²) in [6, 6.07) is -0.253. The minimum absolute atomic E-state index is 0. The second-order valence-electron chi connectivity index (χ2n) is 6.96. The first kappa shape index (κ1) is 21.8. The molecule has 152 valence electrons. The third-order valence-corrected chi connectivity index (χ3v) is 8.40. The minimum atomic E-state index is -0.253. The molecular formula is C19H23BrClN3O2S2. The summed E-state index contributed by atoms with van der Waals surface area (Å²) in [6.07, 6.45) is 5.20. The lowest BCUT2D eigenvalue weighted by Gasteiger charge is -2.15. The Balaban J connectivity index is 0.00000225. The number of halogens is 2. The van der Waals surface area contributed by atoms with Gasteiger partial charge in [-0.25, -0.2) is 4.79 Å². The number of carbonyl (C=O) groups excluding carboxylic acids is 2. The number of fused-ring (bicyclic) bond motifs is 2. The average Bonchev–Trinajstić information content (AvgIpc) is 3.16. The number of rotatable bonds is 4. The van der Waals surface area contributed by atoms with E-state index in [1.54, 1.807) is 29.6 Å². The van der Waals surface area contributed by atoms with Crippen LogP contribution in [0.1, 0.15) is 56.6 Å². The van der Waals surface area contributed by atoms with Gasteiger partial charge < -0.3 is 10.6 Å². The molecule has 0 unspecified atom stereocenters. The van der Waals surface area contributed by atoms with E-state index >= 15 is 0 Å². The number of amides is 2. The summed E-state index contributed by atoms with van der Waals surface area (Å²) >= 11 is 6.94. The van der Waals surface area contributed by atoms with Crippen LogP contribution >= 0.6 is 51.0 Å². The van der Waals surface area contributed by atoms with Gasteiger partial charge in [-0.15, -0.1) is 35.1 Å². The number of ketones is 1. The molecule has 3 N–H and O–H groups in total. The van der Waals surface area contributed by atoms with Gasteiger partial charge in [0.1, 0.15) is 5.00 Å². The van der Waals surface area contributed by atoms with Gasteiger partial charge in [-0.3, -0.25) is 10.1 Å². The van der Waals surface area contributed by atoms with Crippen LogP contribution in [0.4, 0.5) is 9.80 Å². The number of Topliss-reactive ketones (excluding diaryl/α,β-unsaturated/α-hetero) is 1. The van der Waals surface area contributed by atoms with Crippen LogP contribution in [-0.2, 0) is 32.4 Å². The molecule has 0 spiro atoms. The van der Waals surface area contributed by atoms with Crippen LogP contribution in [0.25, 0.3) is 0 Å². The van der Waals surface area contributed by atoms with Crippen molar-refractivity contribution in [3.8, 4) is 0 Å². The van der Waals surface area contributed by atoms with Gasteiger partial charge in [0.05, 0.1) is 9.35 Å². The number of carbonyl (C=O) groups is 2. The van der Waals surface area contributed by atoms with E-state index in [4.69, 9.17) is 0 Å². The third kappa shape index (κ3) is 4.31. The zero-order chi connectivity index (χ0) is 19.0. The SMILES string of the molecule is CC(=O)c1c(NC(=O)NCc2c(Br)sc3c2CCNC3)sc2c1CCCC2.Cl. The largest absolute Gasteiger partial charge is 0.334 e. The van der Waals surface area contributed by atoms with Crippen LogP contribution in [0.15, 0.2) is 3.79 Å². The first-order chi connectivity index (χ1) is 13.0. The summed E-state index contributed by atoms with van der Waals surface area (Å²) in [6.45, 7) is 3.94. The fourth-order valence-corrected chi connectivity index (χ4v) is 7.24. The topological polar surface area (TPSA) is 70.2 Å². The van der Waals surface area contributed by atoms with Crippen molar-refractivity contribution in [1.29, 1.82) is 0 Å². The van der Waals surface area contributed by atoms with Crippen LogP contribution < -0.4 is 16.0 Å². The number of hydrogen-bond donors (Lipinski definition) is 3. The Hall–Kier alpha value is -0.930. The summed E-state index contributed by atoms with van der Waals surface area (Å²) in [7, 11) is 0. The second kappa shape index (κ2) is 9.26. The van der Waals surface area contributed by atoms with E-state index in [0.717, 1.165) is 54.5 Å². The highest BCUT2D eigenvalue weighted by molar-refractivity contribution is 9.11. The molecule has 5 nitrogen and oxygen atoms in total. The van der Waals surface area contributed by atoms with Crippen LogP contribution in [0.2, 0.25) is 0 Å². The summed E-state index contributed by atoms with van der Waals surface area (Å²) in [4.78, 5) is 27.3. The molecule has 0 saturated heterocycles. The lowest BCUT2D eigenvalue weighted by atomic mass is 9.94. The molecule has 0 aromatic carbocycles. The minimum Gasteiger partial charge on any atom is -0.334 e. The Morgan fingerprint density at radius 1 is 1.11 bits per heavy atom. The molecule has 3 heterocycles. The monoisotopic (exact) mass is 503 g/mol. The van der Waals surface area contributed by atoms with Gasteiger partial charge in [0.2, 0.25) is 0 Å². The van der Waals surface area contributed by atoms with Crippen molar-refractivity contribution in [3.05, 3.63) is 35.8 Å². The van der Waals surface area contributed by atoms with Crippen LogP contribution in [0.5, 0.6) is 0 Å². The Morgan fingerprint density at radius 2 is 1.89 bits per heavy atom. The Morgan fingerprint density at radius 3 is 2.68 bits per heavy atom. The smallest absolute Gasteiger partial charge is 0.320 e. The molecule has 4 rings (SSSR count). The molecule has 0 atom stereocenters. The summed E-state index contributed by atoms with van der Waals surface area (Å²) in [5.74, 6) is 0.0341. The summed E-state index contributed by atoms with van der Waals surface area (Å²) in [5, 5.41) is 9.98. The number of aryl methyl sites for hydroxylation is 1. The van der Waals surface area contributed by atoms with Gasteiger partial charge in [-0.1, -0.05) is 0 Å². The van der Waals surface area contributed by atoms with Crippen molar-refractivity contribution in [1.82, 2.24) is 10.6 Å². The number of hydrogen-bond acceptors (Lipinski definition) is 5. The van der Waals surface area contributed by atoms with Crippen molar-refractivity contribution in [2.24, 2.45) is 0 Å². The quantitative estimate of drug-likeness (QED) is 0.511. The number of urea groups is 1. The van der Waals surface area contributed by atoms with Gasteiger partial charge >= 0.3 is 6.03 Å². The highest BCUT2D eigenvalue weighted by atomic mass is 79.9. The average molecular weight is 505 g/mol. The predicted octanol–water partition coefficient (Wildman–Crippen LogP) is 5.04. The van der Waals surface area contributed by atoms with E-state index in [2.05, 4.69) is 31.9 Å². The maximum atomic E-state index is 12.5. The molecule has 0 fully saturated rings. The Kier molecular flexibility index (Phi) is 7.20. The van der Waals surface area contributed by atoms with Crippen molar-refractivity contribution in [3.63, 3.8) is 0 Å². The summed E-state index contributed by atoms with van der Waals surface area (Å²) in [5.41, 5.74) is 4.38. The highest BCUT2D eigenvalue weighted by Crippen LogP contribution is 2.38. The fourth-order valence-electron chi connectivity index (χ4n) is 3.89. The van der Waals surface area contributed by atoms with Crippen LogP contribution in [0.3, 0.4) is 0 Å².